The summed E-state index contributed by atoms with van der Waals surface area (Å²) < 4.78 is 17.0. The van der Waals surface area contributed by atoms with Crippen molar-refractivity contribution in [1.82, 2.24) is 0 Å². The van der Waals surface area contributed by atoms with Crippen LogP contribution in [-0.2, 0) is 28.6 Å². The summed E-state index contributed by atoms with van der Waals surface area (Å²) in [6, 6.07) is 0. The van der Waals surface area contributed by atoms with E-state index in [-0.39, 0.29) is 31.1 Å². The molecule has 0 bridgehead atoms. The van der Waals surface area contributed by atoms with Crippen LogP contribution in [0.3, 0.4) is 0 Å². The van der Waals surface area contributed by atoms with Crippen LogP contribution in [0.1, 0.15) is 419 Å². The second-order valence-electron chi connectivity index (χ2n) is 25.6. The Kier molecular flexibility index (Phi) is 70.0. The minimum atomic E-state index is -0.770. The molecule has 0 radical (unpaired) electrons. The minimum Gasteiger partial charge on any atom is -0.462 e. The molecule has 1 unspecified atom stereocenters. The van der Waals surface area contributed by atoms with Gasteiger partial charge in [0.15, 0.2) is 6.10 Å². The van der Waals surface area contributed by atoms with E-state index in [2.05, 4.69) is 57.2 Å². The minimum absolute atomic E-state index is 0.0657. The van der Waals surface area contributed by atoms with Crippen molar-refractivity contribution in [1.29, 1.82) is 0 Å². The first-order valence-electron chi connectivity index (χ1n) is 37.5. The highest BCUT2D eigenvalue weighted by Crippen LogP contribution is 2.19. The van der Waals surface area contributed by atoms with E-state index in [9.17, 15) is 14.4 Å². The zero-order chi connectivity index (χ0) is 59.9. The fourth-order valence-corrected chi connectivity index (χ4v) is 11.5. The van der Waals surface area contributed by atoms with E-state index in [1.807, 2.05) is 0 Å². The van der Waals surface area contributed by atoms with Crippen molar-refractivity contribution in [3.8, 4) is 0 Å². The molecule has 0 heterocycles. The molecule has 0 N–H and O–H groups in total. The number of allylic oxidation sites excluding steroid dienone is 6. The van der Waals surface area contributed by atoms with Crippen LogP contribution in [0.5, 0.6) is 0 Å². The van der Waals surface area contributed by atoms with E-state index in [1.165, 1.54) is 308 Å². The highest BCUT2D eigenvalue weighted by Gasteiger charge is 2.20. The molecule has 0 fully saturated rings. The van der Waals surface area contributed by atoms with Crippen LogP contribution in [0.4, 0.5) is 0 Å². The maximum absolute atomic E-state index is 13.0. The first-order valence-corrected chi connectivity index (χ1v) is 37.5. The Morgan fingerprint density at radius 2 is 0.434 bits per heavy atom. The highest BCUT2D eigenvalue weighted by atomic mass is 16.6. The predicted molar refractivity (Wildman–Crippen MR) is 362 cm³/mol. The summed E-state index contributed by atoms with van der Waals surface area (Å²) in [6.07, 6.45) is 90.4. The van der Waals surface area contributed by atoms with Crippen LogP contribution in [0.2, 0.25) is 0 Å². The summed E-state index contributed by atoms with van der Waals surface area (Å²) >= 11 is 0. The molecule has 0 aromatic rings. The van der Waals surface area contributed by atoms with Gasteiger partial charge in [-0.15, -0.1) is 0 Å². The Morgan fingerprint density at radius 1 is 0.241 bits per heavy atom. The second-order valence-corrected chi connectivity index (χ2v) is 25.6. The smallest absolute Gasteiger partial charge is 0.306 e. The summed E-state index contributed by atoms with van der Waals surface area (Å²) in [5, 5.41) is 0. The number of rotatable bonds is 70. The second kappa shape index (κ2) is 72.1. The predicted octanol–water partition coefficient (Wildman–Crippen LogP) is 25.9. The summed E-state index contributed by atoms with van der Waals surface area (Å²) in [5.41, 5.74) is 0. The fourth-order valence-electron chi connectivity index (χ4n) is 11.5. The molecule has 0 aromatic heterocycles. The molecule has 0 aromatic carbocycles. The number of unbranched alkanes of at least 4 members (excludes halogenated alkanes) is 53. The lowest BCUT2D eigenvalue weighted by atomic mass is 10.0. The van der Waals surface area contributed by atoms with Crippen molar-refractivity contribution < 1.29 is 28.6 Å². The van der Waals surface area contributed by atoms with Gasteiger partial charge in [-0.2, -0.15) is 0 Å². The Bertz CT molecular complexity index is 1380. The van der Waals surface area contributed by atoms with Crippen molar-refractivity contribution in [2.75, 3.05) is 13.2 Å². The van der Waals surface area contributed by atoms with Crippen molar-refractivity contribution in [2.45, 2.75) is 425 Å². The van der Waals surface area contributed by atoms with E-state index >= 15 is 0 Å². The molecule has 0 aliphatic carbocycles. The van der Waals surface area contributed by atoms with Gasteiger partial charge in [0.05, 0.1) is 0 Å². The Labute approximate surface area is 518 Å². The number of ether oxygens (including phenoxy) is 3. The molecule has 0 aliphatic rings. The van der Waals surface area contributed by atoms with E-state index in [1.54, 1.807) is 0 Å². The van der Waals surface area contributed by atoms with Crippen molar-refractivity contribution >= 4 is 17.9 Å². The lowest BCUT2D eigenvalue weighted by molar-refractivity contribution is -0.167. The molecule has 0 saturated heterocycles. The molecule has 0 amide bonds. The molecule has 6 nitrogen and oxygen atoms in total. The van der Waals surface area contributed by atoms with E-state index in [0.717, 1.165) is 70.6 Å². The molecule has 0 saturated carbocycles. The van der Waals surface area contributed by atoms with Crippen molar-refractivity contribution in [3.63, 3.8) is 0 Å². The topological polar surface area (TPSA) is 78.9 Å². The van der Waals surface area contributed by atoms with E-state index in [0.29, 0.717) is 19.3 Å². The van der Waals surface area contributed by atoms with Gasteiger partial charge in [0.25, 0.3) is 0 Å². The van der Waals surface area contributed by atoms with Crippen LogP contribution in [-0.4, -0.2) is 37.2 Å². The summed E-state index contributed by atoms with van der Waals surface area (Å²) in [4.78, 5) is 38.5. The van der Waals surface area contributed by atoms with Gasteiger partial charge in [-0.3, -0.25) is 14.4 Å². The van der Waals surface area contributed by atoms with E-state index < -0.39 is 6.10 Å². The lowest BCUT2D eigenvalue weighted by Gasteiger charge is -2.18. The van der Waals surface area contributed by atoms with Crippen LogP contribution in [0.15, 0.2) is 36.5 Å². The number of esters is 3. The third kappa shape index (κ3) is 70.3. The number of hydrogen-bond acceptors (Lipinski definition) is 6. The Balaban J connectivity index is 4.23. The van der Waals surface area contributed by atoms with Gasteiger partial charge >= 0.3 is 17.9 Å². The van der Waals surface area contributed by atoms with Gasteiger partial charge in [-0.05, 0) is 57.8 Å². The molecule has 0 spiro atoms. The molecular formula is C77H144O6. The first-order chi connectivity index (χ1) is 41.0. The summed E-state index contributed by atoms with van der Waals surface area (Å²) in [7, 11) is 0. The van der Waals surface area contributed by atoms with Crippen molar-refractivity contribution in [3.05, 3.63) is 36.5 Å². The number of carbonyl (C=O) groups is 3. The largest absolute Gasteiger partial charge is 0.462 e. The average Bonchev–Trinajstić information content (AvgIpc) is 3.50. The average molecular weight is 1170 g/mol. The molecule has 83 heavy (non-hydrogen) atoms. The fraction of sp³-hybridized carbons (Fsp3) is 0.883. The van der Waals surface area contributed by atoms with Gasteiger partial charge in [0.1, 0.15) is 13.2 Å². The third-order valence-electron chi connectivity index (χ3n) is 17.1. The third-order valence-corrected chi connectivity index (χ3v) is 17.1. The Morgan fingerprint density at radius 3 is 0.675 bits per heavy atom. The number of hydrogen-bond donors (Lipinski definition) is 0. The highest BCUT2D eigenvalue weighted by molar-refractivity contribution is 5.71. The lowest BCUT2D eigenvalue weighted by Crippen LogP contribution is -2.30. The molecule has 0 aliphatic heterocycles. The first kappa shape index (κ1) is 80.6. The zero-order valence-electron chi connectivity index (χ0n) is 56.2. The summed E-state index contributed by atoms with van der Waals surface area (Å²) in [6.45, 7) is 6.71. The van der Waals surface area contributed by atoms with Gasteiger partial charge in [-0.25, -0.2) is 0 Å². The van der Waals surface area contributed by atoms with Gasteiger partial charge in [-0.1, -0.05) is 378 Å². The van der Waals surface area contributed by atoms with Gasteiger partial charge in [0.2, 0.25) is 0 Å². The normalized spacial score (nSPS) is 12.2. The van der Waals surface area contributed by atoms with Gasteiger partial charge < -0.3 is 14.2 Å². The molecule has 1 atom stereocenters. The molecule has 488 valence electrons. The molecule has 0 rings (SSSR count). The molecular weight excluding hydrogens is 1020 g/mol. The van der Waals surface area contributed by atoms with E-state index in [4.69, 9.17) is 14.2 Å². The summed E-state index contributed by atoms with van der Waals surface area (Å²) in [5.74, 6) is -0.833. The zero-order valence-corrected chi connectivity index (χ0v) is 56.2. The van der Waals surface area contributed by atoms with Gasteiger partial charge in [0, 0.05) is 19.3 Å². The standard InChI is InChI=1S/C77H144O6/c1-4-7-10-13-16-19-22-25-28-30-32-34-36-38-39-40-42-43-45-47-49-52-55-58-61-64-67-70-76(79)82-73-74(72-81-75(78)69-66-63-60-57-54-51-27-24-21-18-15-12-9-6-3)83-77(80)71-68-65-62-59-56-53-50-48-46-44-41-37-35-33-31-29-26-23-20-17-14-11-8-5-2/h22,25,30,32,36,38,74H,4-21,23-24,26-29,31,33-35,37,39-73H2,1-3H3/b25-22-,32-30-,38-36-. The SMILES string of the molecule is CCCCCCC/C=C\C/C=C\C/C=C\CCCCCCCCCCCCCCC(=O)OCC(COC(=O)CCCCCCCCCCCCCCCC)OC(=O)CCCCCCCCCCCCCCCCCCCCCCCCCC. The van der Waals surface area contributed by atoms with Crippen LogP contribution in [0, 0.1) is 0 Å². The van der Waals surface area contributed by atoms with Crippen molar-refractivity contribution in [2.24, 2.45) is 0 Å². The quantitative estimate of drug-likeness (QED) is 0.0261. The van der Waals surface area contributed by atoms with Crippen LogP contribution >= 0.6 is 0 Å². The monoisotopic (exact) mass is 1170 g/mol. The van der Waals surface area contributed by atoms with Crippen LogP contribution < -0.4 is 0 Å². The maximum Gasteiger partial charge on any atom is 0.306 e. The van der Waals surface area contributed by atoms with Crippen LogP contribution in [0.25, 0.3) is 0 Å². The molecule has 6 heteroatoms. The maximum atomic E-state index is 13.0. The Hall–Kier alpha value is -2.37. The number of carbonyl (C=O) groups excluding carboxylic acids is 3.